The Morgan fingerprint density at radius 1 is 1.50 bits per heavy atom. The lowest BCUT2D eigenvalue weighted by atomic mass is 10.2. The number of nitrogens with two attached hydrogens (primary N) is 1. The summed E-state index contributed by atoms with van der Waals surface area (Å²) in [5, 5.41) is 18.8. The fraction of sp³-hybridized carbons (Fsp3) is 0.615. The zero-order valence-electron chi connectivity index (χ0n) is 12.1. The smallest absolute Gasteiger partial charge is 0.333 e. The number of aliphatic hydroxyl groups is 2. The van der Waals surface area contributed by atoms with Gasteiger partial charge in [-0.25, -0.2) is 4.79 Å². The van der Waals surface area contributed by atoms with Crippen LogP contribution >= 0.6 is 0 Å². The van der Waals surface area contributed by atoms with Gasteiger partial charge in [0, 0.05) is 31.1 Å². The molecule has 1 aliphatic rings. The summed E-state index contributed by atoms with van der Waals surface area (Å²) in [4.78, 5) is 35.3. The minimum absolute atomic E-state index is 0.118. The number of carbonyl (C=O) groups excluding carboxylic acids is 1. The zero-order valence-corrected chi connectivity index (χ0v) is 12.1. The summed E-state index contributed by atoms with van der Waals surface area (Å²) in [7, 11) is 0. The van der Waals surface area contributed by atoms with Crippen molar-refractivity contribution in [3.63, 3.8) is 0 Å². The molecule has 4 N–H and O–H groups in total. The molecule has 9 nitrogen and oxygen atoms in total. The van der Waals surface area contributed by atoms with E-state index in [9.17, 15) is 19.5 Å². The lowest BCUT2D eigenvalue weighted by Crippen LogP contribution is -2.42. The van der Waals surface area contributed by atoms with Gasteiger partial charge in [0.1, 0.15) is 12.3 Å². The van der Waals surface area contributed by atoms with E-state index in [1.54, 1.807) is 0 Å². The van der Waals surface area contributed by atoms with Crippen molar-refractivity contribution in [2.45, 2.75) is 44.7 Å². The Morgan fingerprint density at radius 2 is 2.18 bits per heavy atom. The minimum atomic E-state index is -0.895. The number of aromatic nitrogens is 2. The lowest BCUT2D eigenvalue weighted by molar-refractivity contribution is -0.118. The Morgan fingerprint density at radius 3 is 2.73 bits per heavy atom. The van der Waals surface area contributed by atoms with Crippen LogP contribution in [0.25, 0.3) is 0 Å². The molecule has 1 fully saturated rings. The van der Waals surface area contributed by atoms with Gasteiger partial charge in [-0.2, -0.15) is 0 Å². The molecule has 9 heteroatoms. The van der Waals surface area contributed by atoms with Crippen LogP contribution in [-0.2, 0) is 16.1 Å². The first kappa shape index (κ1) is 16.4. The quantitative estimate of drug-likeness (QED) is 0.566. The first-order chi connectivity index (χ1) is 10.3. The molecule has 3 atom stereocenters. The van der Waals surface area contributed by atoms with Crippen molar-refractivity contribution in [2.24, 2.45) is 5.73 Å². The van der Waals surface area contributed by atoms with Gasteiger partial charge in [0.05, 0.1) is 12.7 Å². The van der Waals surface area contributed by atoms with Gasteiger partial charge in [0.15, 0.2) is 0 Å². The van der Waals surface area contributed by atoms with Gasteiger partial charge in [0.2, 0.25) is 5.91 Å². The average molecular weight is 313 g/mol. The first-order valence-electron chi connectivity index (χ1n) is 6.90. The second kappa shape index (κ2) is 6.42. The van der Waals surface area contributed by atoms with E-state index >= 15 is 0 Å². The van der Waals surface area contributed by atoms with Crippen molar-refractivity contribution in [2.75, 3.05) is 6.61 Å². The third-order valence-electron chi connectivity index (χ3n) is 3.64. The average Bonchev–Trinajstić information content (AvgIpc) is 2.83. The second-order valence-corrected chi connectivity index (χ2v) is 5.29. The summed E-state index contributed by atoms with van der Waals surface area (Å²) in [6, 6.07) is 0. The molecule has 3 unspecified atom stereocenters. The van der Waals surface area contributed by atoms with Gasteiger partial charge >= 0.3 is 5.69 Å². The third kappa shape index (κ3) is 3.11. The normalized spacial score (nSPS) is 24.6. The topological polar surface area (TPSA) is 137 Å². The molecule has 2 rings (SSSR count). The van der Waals surface area contributed by atoms with Gasteiger partial charge in [-0.1, -0.05) is 0 Å². The molecular weight excluding hydrogens is 294 g/mol. The van der Waals surface area contributed by atoms with E-state index in [-0.39, 0.29) is 26.0 Å². The predicted molar refractivity (Wildman–Crippen MR) is 75.1 cm³/mol. The number of amides is 1. The number of ether oxygens (including phenoxy) is 1. The van der Waals surface area contributed by atoms with E-state index in [2.05, 4.69) is 0 Å². The minimum Gasteiger partial charge on any atom is -0.394 e. The maximum atomic E-state index is 12.4. The molecule has 1 saturated heterocycles. The number of primary amides is 1. The molecule has 0 aromatic carbocycles. The SMILES string of the molecule is Cc1cn(C2CC(O)C(CO)O2)c(=O)n(CCC(N)=O)c1=O. The van der Waals surface area contributed by atoms with Crippen molar-refractivity contribution in [1.29, 1.82) is 0 Å². The maximum Gasteiger partial charge on any atom is 0.333 e. The van der Waals surface area contributed by atoms with Crippen molar-refractivity contribution in [3.05, 3.63) is 32.6 Å². The molecule has 122 valence electrons. The fourth-order valence-electron chi connectivity index (χ4n) is 2.43. The number of aliphatic hydroxyl groups excluding tert-OH is 2. The largest absolute Gasteiger partial charge is 0.394 e. The highest BCUT2D eigenvalue weighted by molar-refractivity contribution is 5.73. The number of hydrogen-bond acceptors (Lipinski definition) is 6. The summed E-state index contributed by atoms with van der Waals surface area (Å²) in [6.45, 7) is 1.05. The van der Waals surface area contributed by atoms with E-state index in [1.807, 2.05) is 0 Å². The predicted octanol–water partition coefficient (Wildman–Crippen LogP) is -2.17. The van der Waals surface area contributed by atoms with Gasteiger partial charge in [-0.3, -0.25) is 18.7 Å². The van der Waals surface area contributed by atoms with Crippen molar-refractivity contribution < 1.29 is 19.7 Å². The molecule has 0 bridgehead atoms. The Kier molecular flexibility index (Phi) is 4.79. The van der Waals surface area contributed by atoms with Crippen LogP contribution in [-0.4, -0.2) is 44.1 Å². The van der Waals surface area contributed by atoms with Crippen LogP contribution in [0, 0.1) is 6.92 Å². The standard InChI is InChI=1S/C13H19N3O6/c1-7-5-16(11-4-8(18)9(6-17)22-11)13(21)15(12(7)20)3-2-10(14)19/h5,8-9,11,17-18H,2-4,6H2,1H3,(H2,14,19). The number of nitrogens with zero attached hydrogens (tertiary/aromatic N) is 2. The first-order valence-corrected chi connectivity index (χ1v) is 6.90. The molecule has 22 heavy (non-hydrogen) atoms. The molecule has 0 radical (unpaired) electrons. The van der Waals surface area contributed by atoms with Crippen LogP contribution in [0.15, 0.2) is 15.8 Å². The number of hydrogen-bond donors (Lipinski definition) is 3. The van der Waals surface area contributed by atoms with E-state index in [0.29, 0.717) is 5.56 Å². The Hall–Kier alpha value is -1.97. The van der Waals surface area contributed by atoms with Crippen molar-refractivity contribution >= 4 is 5.91 Å². The molecule has 1 aliphatic heterocycles. The summed E-state index contributed by atoms with van der Waals surface area (Å²) in [5.41, 5.74) is 4.20. The van der Waals surface area contributed by atoms with Gasteiger partial charge in [-0.05, 0) is 6.92 Å². The van der Waals surface area contributed by atoms with Crippen LogP contribution < -0.4 is 17.0 Å². The van der Waals surface area contributed by atoms with E-state index < -0.39 is 35.6 Å². The molecular formula is C13H19N3O6. The summed E-state index contributed by atoms with van der Waals surface area (Å²) in [6.07, 6.45) is -1.11. The molecule has 0 aliphatic carbocycles. The molecule has 0 saturated carbocycles. The van der Waals surface area contributed by atoms with E-state index in [1.165, 1.54) is 17.7 Å². The van der Waals surface area contributed by atoms with Crippen molar-refractivity contribution in [3.8, 4) is 0 Å². The number of aryl methyl sites for hydroxylation is 1. The van der Waals surface area contributed by atoms with Crippen LogP contribution in [0.2, 0.25) is 0 Å². The molecule has 2 heterocycles. The number of rotatable bonds is 5. The third-order valence-corrected chi connectivity index (χ3v) is 3.64. The second-order valence-electron chi connectivity index (χ2n) is 5.29. The Balaban J connectivity index is 2.39. The number of carbonyl (C=O) groups is 1. The van der Waals surface area contributed by atoms with Gasteiger partial charge < -0.3 is 20.7 Å². The van der Waals surface area contributed by atoms with Gasteiger partial charge in [-0.15, -0.1) is 0 Å². The van der Waals surface area contributed by atoms with Crippen LogP contribution in [0.5, 0.6) is 0 Å². The fourth-order valence-corrected chi connectivity index (χ4v) is 2.43. The van der Waals surface area contributed by atoms with Crippen LogP contribution in [0.4, 0.5) is 0 Å². The van der Waals surface area contributed by atoms with E-state index in [0.717, 1.165) is 4.57 Å². The summed E-state index contributed by atoms with van der Waals surface area (Å²) < 4.78 is 7.53. The maximum absolute atomic E-state index is 12.4. The van der Waals surface area contributed by atoms with Crippen LogP contribution in [0.1, 0.15) is 24.6 Å². The molecule has 1 amide bonds. The Labute approximate surface area is 125 Å². The van der Waals surface area contributed by atoms with Crippen LogP contribution in [0.3, 0.4) is 0 Å². The highest BCUT2D eigenvalue weighted by atomic mass is 16.5. The highest BCUT2D eigenvalue weighted by Crippen LogP contribution is 2.27. The lowest BCUT2D eigenvalue weighted by Gasteiger charge is -2.17. The summed E-state index contributed by atoms with van der Waals surface area (Å²) >= 11 is 0. The molecule has 1 aromatic heterocycles. The summed E-state index contributed by atoms with van der Waals surface area (Å²) in [5.74, 6) is -0.618. The van der Waals surface area contributed by atoms with E-state index in [4.69, 9.17) is 15.6 Å². The van der Waals surface area contributed by atoms with Crippen molar-refractivity contribution in [1.82, 2.24) is 9.13 Å². The molecule has 0 spiro atoms. The Bertz CT molecular complexity index is 679. The monoisotopic (exact) mass is 313 g/mol. The molecule has 1 aromatic rings. The zero-order chi connectivity index (χ0) is 16.4. The van der Waals surface area contributed by atoms with Gasteiger partial charge in [0.25, 0.3) is 5.56 Å². The highest BCUT2D eigenvalue weighted by Gasteiger charge is 2.35.